The van der Waals surface area contributed by atoms with Gasteiger partial charge in [0.05, 0.1) is 16.8 Å². The minimum atomic E-state index is 0.0478. The van der Waals surface area contributed by atoms with Crippen molar-refractivity contribution in [3.63, 3.8) is 0 Å². The summed E-state index contributed by atoms with van der Waals surface area (Å²) in [7, 11) is 0. The molecule has 0 radical (unpaired) electrons. The lowest BCUT2D eigenvalue weighted by molar-refractivity contribution is 0.0971. The first kappa shape index (κ1) is 11.0. The van der Waals surface area contributed by atoms with Crippen LogP contribution in [0.2, 0.25) is 0 Å². The molecule has 0 unspecified atom stereocenters. The molecule has 2 aromatic rings. The Hall–Kier alpha value is -1.53. The van der Waals surface area contributed by atoms with Gasteiger partial charge in [0.25, 0.3) is 0 Å². The highest BCUT2D eigenvalue weighted by molar-refractivity contribution is 7.14. The Kier molecular flexibility index (Phi) is 3.12. The summed E-state index contributed by atoms with van der Waals surface area (Å²) in [4.78, 5) is 13.7. The molecule has 0 atom stereocenters. The van der Waals surface area contributed by atoms with E-state index in [9.17, 15) is 4.79 Å². The van der Waals surface area contributed by atoms with Crippen LogP contribution in [0.3, 0.4) is 0 Å². The number of hydrogen-bond acceptors (Lipinski definition) is 5. The molecule has 0 aromatic carbocycles. The summed E-state index contributed by atoms with van der Waals surface area (Å²) in [6.45, 7) is 2.53. The van der Waals surface area contributed by atoms with Gasteiger partial charge in [0.2, 0.25) is 0 Å². The third-order valence-corrected chi connectivity index (χ3v) is 3.16. The average Bonchev–Trinajstić information content (AvgIpc) is 2.87. The normalized spacial score (nSPS) is 10.6. The second-order valence-corrected chi connectivity index (χ2v) is 4.73. The van der Waals surface area contributed by atoms with Crippen molar-refractivity contribution in [2.45, 2.75) is 20.0 Å². The standard InChI is InChI=1S/C10H12N4OS/c1-7-2-3-10(16-7)9(15)6-14-5-8(4-11)12-13-14/h2-3,5H,4,6,11H2,1H3. The molecular formula is C10H12N4OS. The largest absolute Gasteiger partial charge is 0.325 e. The highest BCUT2D eigenvalue weighted by Crippen LogP contribution is 2.16. The van der Waals surface area contributed by atoms with E-state index in [1.54, 1.807) is 6.20 Å². The SMILES string of the molecule is Cc1ccc(C(=O)Cn2cc(CN)nn2)s1. The zero-order valence-corrected chi connectivity index (χ0v) is 9.70. The van der Waals surface area contributed by atoms with Crippen molar-refractivity contribution < 1.29 is 4.79 Å². The van der Waals surface area contributed by atoms with E-state index in [0.29, 0.717) is 12.2 Å². The molecule has 0 bridgehead atoms. The fourth-order valence-corrected chi connectivity index (χ4v) is 2.12. The van der Waals surface area contributed by atoms with Gasteiger partial charge in [-0.1, -0.05) is 5.21 Å². The van der Waals surface area contributed by atoms with Crippen molar-refractivity contribution in [1.82, 2.24) is 15.0 Å². The molecule has 84 valence electrons. The number of rotatable bonds is 4. The molecule has 0 spiro atoms. The van der Waals surface area contributed by atoms with Crippen molar-refractivity contribution in [2.24, 2.45) is 5.73 Å². The second kappa shape index (κ2) is 4.54. The van der Waals surface area contributed by atoms with Crippen molar-refractivity contribution in [2.75, 3.05) is 0 Å². The van der Waals surface area contributed by atoms with E-state index in [1.165, 1.54) is 16.0 Å². The topological polar surface area (TPSA) is 73.8 Å². The van der Waals surface area contributed by atoms with E-state index < -0.39 is 0 Å². The molecular weight excluding hydrogens is 224 g/mol. The van der Waals surface area contributed by atoms with E-state index in [4.69, 9.17) is 5.73 Å². The lowest BCUT2D eigenvalue weighted by atomic mass is 10.3. The third-order valence-electron chi connectivity index (χ3n) is 2.12. The molecule has 2 rings (SSSR count). The molecule has 5 nitrogen and oxygen atoms in total. The molecule has 2 heterocycles. The number of nitrogens with two attached hydrogens (primary N) is 1. The Balaban J connectivity index is 2.07. The molecule has 2 N–H and O–H groups in total. The molecule has 0 saturated heterocycles. The van der Waals surface area contributed by atoms with Gasteiger partial charge in [-0.05, 0) is 19.1 Å². The van der Waals surface area contributed by atoms with Crippen LogP contribution in [0.5, 0.6) is 0 Å². The van der Waals surface area contributed by atoms with E-state index in [2.05, 4.69) is 10.3 Å². The van der Waals surface area contributed by atoms with Gasteiger partial charge in [-0.2, -0.15) is 0 Å². The van der Waals surface area contributed by atoms with E-state index in [-0.39, 0.29) is 12.3 Å². The zero-order valence-electron chi connectivity index (χ0n) is 8.88. The Labute approximate surface area is 96.9 Å². The minimum absolute atomic E-state index is 0.0478. The number of aryl methyl sites for hydroxylation is 1. The van der Waals surface area contributed by atoms with Crippen LogP contribution in [0.4, 0.5) is 0 Å². The first-order valence-electron chi connectivity index (χ1n) is 4.88. The second-order valence-electron chi connectivity index (χ2n) is 3.45. The van der Waals surface area contributed by atoms with Crippen LogP contribution in [0.1, 0.15) is 20.2 Å². The van der Waals surface area contributed by atoms with Crippen molar-refractivity contribution in [3.05, 3.63) is 33.8 Å². The van der Waals surface area contributed by atoms with Gasteiger partial charge in [0.15, 0.2) is 5.78 Å². The predicted molar refractivity (Wildman–Crippen MR) is 61.3 cm³/mol. The molecule has 0 aliphatic carbocycles. The van der Waals surface area contributed by atoms with Crippen molar-refractivity contribution in [1.29, 1.82) is 0 Å². The van der Waals surface area contributed by atoms with Crippen molar-refractivity contribution >= 4 is 17.1 Å². The van der Waals surface area contributed by atoms with E-state index >= 15 is 0 Å². The number of thiophene rings is 1. The minimum Gasteiger partial charge on any atom is -0.325 e. The number of hydrogen-bond donors (Lipinski definition) is 1. The number of carbonyl (C=O) groups is 1. The first-order chi connectivity index (χ1) is 7.69. The molecule has 0 fully saturated rings. The maximum absolute atomic E-state index is 11.8. The van der Waals surface area contributed by atoms with E-state index in [0.717, 1.165) is 9.75 Å². The summed E-state index contributed by atoms with van der Waals surface area (Å²) in [6, 6.07) is 3.77. The Morgan fingerprint density at radius 1 is 1.56 bits per heavy atom. The molecule has 0 saturated carbocycles. The van der Waals surface area contributed by atoms with Crippen LogP contribution < -0.4 is 5.73 Å². The number of ketones is 1. The monoisotopic (exact) mass is 236 g/mol. The smallest absolute Gasteiger partial charge is 0.194 e. The first-order valence-corrected chi connectivity index (χ1v) is 5.69. The lowest BCUT2D eigenvalue weighted by Crippen LogP contribution is -2.09. The summed E-state index contributed by atoms with van der Waals surface area (Å²) in [5.74, 6) is 0.0478. The number of aromatic nitrogens is 3. The van der Waals surface area contributed by atoms with Gasteiger partial charge >= 0.3 is 0 Å². The molecule has 6 heteroatoms. The number of nitrogens with zero attached hydrogens (tertiary/aromatic N) is 3. The average molecular weight is 236 g/mol. The van der Waals surface area contributed by atoms with Crippen LogP contribution in [0, 0.1) is 6.92 Å². The predicted octanol–water partition coefficient (Wildman–Crippen LogP) is 0.990. The van der Waals surface area contributed by atoms with Gasteiger partial charge < -0.3 is 5.73 Å². The summed E-state index contributed by atoms with van der Waals surface area (Å²) in [5, 5.41) is 7.66. The van der Waals surface area contributed by atoms with Crippen LogP contribution in [-0.2, 0) is 13.1 Å². The summed E-state index contributed by atoms with van der Waals surface area (Å²) in [5.41, 5.74) is 6.10. The summed E-state index contributed by atoms with van der Waals surface area (Å²) >= 11 is 1.49. The quantitative estimate of drug-likeness (QED) is 0.803. The zero-order chi connectivity index (χ0) is 11.5. The highest BCUT2D eigenvalue weighted by atomic mass is 32.1. The Morgan fingerprint density at radius 3 is 2.94 bits per heavy atom. The molecule has 0 aliphatic rings. The van der Waals surface area contributed by atoms with Crippen LogP contribution in [0.15, 0.2) is 18.3 Å². The summed E-state index contributed by atoms with van der Waals surface area (Å²) < 4.78 is 1.51. The van der Waals surface area contributed by atoms with Crippen LogP contribution >= 0.6 is 11.3 Å². The molecule has 2 aromatic heterocycles. The molecule has 16 heavy (non-hydrogen) atoms. The number of Topliss-reactive ketones (excluding diaryl/α,β-unsaturated/α-hetero) is 1. The van der Waals surface area contributed by atoms with Crippen molar-refractivity contribution in [3.8, 4) is 0 Å². The van der Waals surface area contributed by atoms with Gasteiger partial charge in [0.1, 0.15) is 6.54 Å². The van der Waals surface area contributed by atoms with Gasteiger partial charge in [-0.25, -0.2) is 4.68 Å². The summed E-state index contributed by atoms with van der Waals surface area (Å²) in [6.07, 6.45) is 1.69. The fraction of sp³-hybridized carbons (Fsp3) is 0.300. The lowest BCUT2D eigenvalue weighted by Gasteiger charge is -1.96. The maximum atomic E-state index is 11.8. The third kappa shape index (κ3) is 2.34. The molecule has 0 amide bonds. The Bertz CT molecular complexity index is 502. The number of carbonyl (C=O) groups excluding carboxylic acids is 1. The van der Waals surface area contributed by atoms with Crippen LogP contribution in [0.25, 0.3) is 0 Å². The van der Waals surface area contributed by atoms with Gasteiger partial charge in [-0.15, -0.1) is 16.4 Å². The molecule has 0 aliphatic heterocycles. The van der Waals surface area contributed by atoms with E-state index in [1.807, 2.05) is 19.1 Å². The van der Waals surface area contributed by atoms with Gasteiger partial charge in [0, 0.05) is 11.4 Å². The maximum Gasteiger partial charge on any atom is 0.194 e. The van der Waals surface area contributed by atoms with Crippen LogP contribution in [-0.4, -0.2) is 20.8 Å². The van der Waals surface area contributed by atoms with Gasteiger partial charge in [-0.3, -0.25) is 4.79 Å². The Morgan fingerprint density at radius 2 is 2.38 bits per heavy atom. The highest BCUT2D eigenvalue weighted by Gasteiger charge is 2.10. The fourth-order valence-electron chi connectivity index (χ4n) is 1.32.